The average molecular weight is 267 g/mol. The number of rotatable bonds is 6. The topological polar surface area (TPSA) is 62.1 Å². The van der Waals surface area contributed by atoms with Crippen molar-refractivity contribution in [1.29, 1.82) is 5.26 Å². The Hall–Kier alpha value is -1.73. The van der Waals surface area contributed by atoms with E-state index in [0.29, 0.717) is 30.2 Å². The lowest BCUT2D eigenvalue weighted by atomic mass is 10.3. The van der Waals surface area contributed by atoms with Crippen molar-refractivity contribution in [3.63, 3.8) is 0 Å². The molecule has 1 aromatic rings. The summed E-state index contributed by atoms with van der Waals surface area (Å²) >= 11 is 5.82. The maximum absolute atomic E-state index is 11.6. The Labute approximate surface area is 112 Å². The highest BCUT2D eigenvalue weighted by Gasteiger charge is 2.13. The zero-order valence-electron chi connectivity index (χ0n) is 10.1. The number of ether oxygens (including phenoxy) is 1. The van der Waals surface area contributed by atoms with Gasteiger partial charge in [-0.25, -0.2) is 0 Å². The van der Waals surface area contributed by atoms with Crippen molar-refractivity contribution in [3.8, 4) is 11.8 Å². The van der Waals surface area contributed by atoms with Crippen LogP contribution in [0.5, 0.6) is 5.75 Å². The van der Waals surface area contributed by atoms with Gasteiger partial charge in [-0.15, -0.1) is 0 Å². The second-order valence-electron chi connectivity index (χ2n) is 3.77. The largest absolute Gasteiger partial charge is 0.481 e. The fourth-order valence-corrected chi connectivity index (χ4v) is 1.50. The van der Waals surface area contributed by atoms with Gasteiger partial charge in [0.2, 0.25) is 0 Å². The van der Waals surface area contributed by atoms with E-state index >= 15 is 0 Å². The van der Waals surface area contributed by atoms with E-state index in [2.05, 4.69) is 5.32 Å². The molecule has 4 nitrogen and oxygen atoms in total. The lowest BCUT2D eigenvalue weighted by molar-refractivity contribution is -0.127. The van der Waals surface area contributed by atoms with E-state index in [9.17, 15) is 4.79 Å². The molecule has 1 N–H and O–H groups in total. The van der Waals surface area contributed by atoms with Gasteiger partial charge in [-0.2, -0.15) is 5.26 Å². The van der Waals surface area contributed by atoms with Gasteiger partial charge in [0.25, 0.3) is 5.91 Å². The first kappa shape index (κ1) is 14.3. The number of benzene rings is 1. The van der Waals surface area contributed by atoms with Crippen LogP contribution in [0.15, 0.2) is 24.3 Å². The van der Waals surface area contributed by atoms with E-state index in [-0.39, 0.29) is 5.91 Å². The van der Waals surface area contributed by atoms with E-state index < -0.39 is 6.10 Å². The third-order valence-corrected chi connectivity index (χ3v) is 2.48. The lowest BCUT2D eigenvalue weighted by Crippen LogP contribution is -2.36. The zero-order chi connectivity index (χ0) is 13.4. The number of amides is 1. The van der Waals surface area contributed by atoms with Crippen LogP contribution >= 0.6 is 11.6 Å². The monoisotopic (exact) mass is 266 g/mol. The highest BCUT2D eigenvalue weighted by atomic mass is 35.5. The van der Waals surface area contributed by atoms with Gasteiger partial charge in [0.1, 0.15) is 5.75 Å². The van der Waals surface area contributed by atoms with E-state index in [4.69, 9.17) is 21.6 Å². The van der Waals surface area contributed by atoms with E-state index in [1.165, 1.54) is 0 Å². The van der Waals surface area contributed by atoms with Gasteiger partial charge in [0.15, 0.2) is 6.10 Å². The molecule has 18 heavy (non-hydrogen) atoms. The van der Waals surface area contributed by atoms with Gasteiger partial charge in [-0.1, -0.05) is 17.7 Å². The summed E-state index contributed by atoms with van der Waals surface area (Å²) in [5.41, 5.74) is 0. The summed E-state index contributed by atoms with van der Waals surface area (Å²) in [6, 6.07) is 8.91. The predicted octanol–water partition coefficient (Wildman–Crippen LogP) is 2.53. The number of carbonyl (C=O) groups excluding carboxylic acids is 1. The summed E-state index contributed by atoms with van der Waals surface area (Å²) in [6.45, 7) is 2.15. The van der Waals surface area contributed by atoms with E-state index in [1.807, 2.05) is 6.07 Å². The van der Waals surface area contributed by atoms with Gasteiger partial charge >= 0.3 is 0 Å². The molecule has 0 aromatic heterocycles. The first-order valence-corrected chi connectivity index (χ1v) is 6.08. The molecule has 0 saturated carbocycles. The Balaban J connectivity index is 2.38. The molecule has 5 heteroatoms. The second-order valence-corrected chi connectivity index (χ2v) is 4.21. The number of nitrogens with one attached hydrogen (secondary N) is 1. The summed E-state index contributed by atoms with van der Waals surface area (Å²) in [5, 5.41) is 11.6. The molecule has 1 amide bonds. The Kier molecular flexibility index (Phi) is 6.03. The van der Waals surface area contributed by atoms with Crippen LogP contribution in [0.4, 0.5) is 0 Å². The van der Waals surface area contributed by atoms with Crippen molar-refractivity contribution >= 4 is 17.5 Å². The number of nitrogens with zero attached hydrogens (tertiary/aromatic N) is 1. The number of unbranched alkanes of at least 4 members (excludes halogenated alkanes) is 1. The molecule has 1 aromatic carbocycles. The van der Waals surface area contributed by atoms with Crippen molar-refractivity contribution in [3.05, 3.63) is 29.3 Å². The molecule has 0 bridgehead atoms. The van der Waals surface area contributed by atoms with Crippen LogP contribution in [0.1, 0.15) is 19.8 Å². The molecule has 1 unspecified atom stereocenters. The van der Waals surface area contributed by atoms with E-state index in [0.717, 1.165) is 0 Å². The van der Waals surface area contributed by atoms with Crippen molar-refractivity contribution < 1.29 is 9.53 Å². The first-order chi connectivity index (χ1) is 8.63. The van der Waals surface area contributed by atoms with Crippen molar-refractivity contribution in [2.24, 2.45) is 0 Å². The van der Waals surface area contributed by atoms with Gasteiger partial charge in [0, 0.05) is 18.0 Å². The van der Waals surface area contributed by atoms with Crippen LogP contribution in [0.25, 0.3) is 0 Å². The minimum atomic E-state index is -0.592. The summed E-state index contributed by atoms with van der Waals surface area (Å²) in [6.07, 6.45) is 0.487. The molecule has 0 spiro atoms. The molecule has 1 rings (SSSR count). The Morgan fingerprint density at radius 2 is 2.39 bits per heavy atom. The maximum Gasteiger partial charge on any atom is 0.260 e. The number of halogens is 1. The molecule has 0 fully saturated rings. The number of carbonyl (C=O) groups is 1. The second kappa shape index (κ2) is 7.57. The zero-order valence-corrected chi connectivity index (χ0v) is 10.9. The molecule has 1 atom stereocenters. The molecule has 0 aliphatic carbocycles. The molecule has 0 aliphatic heterocycles. The summed E-state index contributed by atoms with van der Waals surface area (Å²) in [5.74, 6) is 0.357. The summed E-state index contributed by atoms with van der Waals surface area (Å²) in [4.78, 5) is 11.6. The third kappa shape index (κ3) is 5.07. The lowest BCUT2D eigenvalue weighted by Gasteiger charge is -2.14. The van der Waals surface area contributed by atoms with E-state index in [1.54, 1.807) is 31.2 Å². The minimum absolute atomic E-state index is 0.201. The fraction of sp³-hybridized carbons (Fsp3) is 0.385. The molecule has 0 heterocycles. The molecular formula is C13H15ClN2O2. The first-order valence-electron chi connectivity index (χ1n) is 5.70. The van der Waals surface area contributed by atoms with Crippen LogP contribution in [0.3, 0.4) is 0 Å². The highest BCUT2D eigenvalue weighted by Crippen LogP contribution is 2.18. The number of hydrogen-bond acceptors (Lipinski definition) is 3. The van der Waals surface area contributed by atoms with Crippen LogP contribution in [0, 0.1) is 11.3 Å². The summed E-state index contributed by atoms with van der Waals surface area (Å²) < 4.78 is 5.45. The normalized spacial score (nSPS) is 11.4. The maximum atomic E-state index is 11.6. The summed E-state index contributed by atoms with van der Waals surface area (Å²) in [7, 11) is 0. The Morgan fingerprint density at radius 1 is 1.61 bits per heavy atom. The molecule has 96 valence electrons. The molecule has 0 aliphatic rings. The number of hydrogen-bond donors (Lipinski definition) is 1. The quantitative estimate of drug-likeness (QED) is 0.805. The van der Waals surface area contributed by atoms with Crippen molar-refractivity contribution in [2.45, 2.75) is 25.9 Å². The van der Waals surface area contributed by atoms with Crippen LogP contribution in [0.2, 0.25) is 5.02 Å². The van der Waals surface area contributed by atoms with Gasteiger partial charge in [-0.3, -0.25) is 4.79 Å². The van der Waals surface area contributed by atoms with Crippen molar-refractivity contribution in [1.82, 2.24) is 5.32 Å². The standard InChI is InChI=1S/C13H15ClN2O2/c1-10(13(17)16-8-3-2-7-15)18-12-6-4-5-11(14)9-12/h4-6,9-10H,2-3,8H2,1H3,(H,16,17). The van der Waals surface area contributed by atoms with Gasteiger partial charge in [-0.05, 0) is 31.5 Å². The van der Waals surface area contributed by atoms with Gasteiger partial charge < -0.3 is 10.1 Å². The minimum Gasteiger partial charge on any atom is -0.481 e. The SMILES string of the molecule is CC(Oc1cccc(Cl)c1)C(=O)NCCCC#N. The third-order valence-electron chi connectivity index (χ3n) is 2.24. The smallest absolute Gasteiger partial charge is 0.260 e. The Bertz CT molecular complexity index is 443. The average Bonchev–Trinajstić information content (AvgIpc) is 2.34. The Morgan fingerprint density at radius 3 is 3.06 bits per heavy atom. The van der Waals surface area contributed by atoms with Crippen LogP contribution in [-0.2, 0) is 4.79 Å². The molecular weight excluding hydrogens is 252 g/mol. The highest BCUT2D eigenvalue weighted by molar-refractivity contribution is 6.30. The number of nitriles is 1. The van der Waals surface area contributed by atoms with Gasteiger partial charge in [0.05, 0.1) is 6.07 Å². The predicted molar refractivity (Wildman–Crippen MR) is 69.4 cm³/mol. The van der Waals surface area contributed by atoms with Crippen molar-refractivity contribution in [2.75, 3.05) is 6.54 Å². The fourth-order valence-electron chi connectivity index (χ4n) is 1.32. The molecule has 0 radical (unpaired) electrons. The van der Waals surface area contributed by atoms with Crippen LogP contribution < -0.4 is 10.1 Å². The molecule has 0 saturated heterocycles. The van der Waals surface area contributed by atoms with Crippen LogP contribution in [-0.4, -0.2) is 18.6 Å².